The van der Waals surface area contributed by atoms with Gasteiger partial charge in [0.05, 0.1) is 6.04 Å². The molecule has 0 amide bonds. The van der Waals surface area contributed by atoms with Crippen LogP contribution >= 0.6 is 0 Å². The average molecular weight is 231 g/mol. The van der Waals surface area contributed by atoms with Gasteiger partial charge in [-0.2, -0.15) is 0 Å². The molecule has 1 aromatic heterocycles. The van der Waals surface area contributed by atoms with Crippen LogP contribution in [0.15, 0.2) is 6.07 Å². The number of aromatic nitrogens is 2. The van der Waals surface area contributed by atoms with E-state index in [1.54, 1.807) is 0 Å². The summed E-state index contributed by atoms with van der Waals surface area (Å²) in [6.07, 6.45) is 7.26. The van der Waals surface area contributed by atoms with E-state index in [0.29, 0.717) is 11.8 Å². The monoisotopic (exact) mass is 231 g/mol. The molecular formula is C14H21N3. The van der Waals surface area contributed by atoms with Crippen molar-refractivity contribution in [3.05, 3.63) is 23.3 Å². The first-order valence-corrected chi connectivity index (χ1v) is 6.92. The molecule has 0 aromatic carbocycles. The van der Waals surface area contributed by atoms with Crippen molar-refractivity contribution in [2.24, 2.45) is 5.73 Å². The maximum atomic E-state index is 6.16. The van der Waals surface area contributed by atoms with E-state index >= 15 is 0 Å². The van der Waals surface area contributed by atoms with Gasteiger partial charge in [0, 0.05) is 23.2 Å². The summed E-state index contributed by atoms with van der Waals surface area (Å²) in [5.41, 5.74) is 8.67. The zero-order valence-corrected chi connectivity index (χ0v) is 10.5. The van der Waals surface area contributed by atoms with Crippen LogP contribution in [0.3, 0.4) is 0 Å². The molecule has 1 unspecified atom stereocenters. The third kappa shape index (κ3) is 2.49. The molecule has 3 rings (SSSR count). The van der Waals surface area contributed by atoms with Crippen molar-refractivity contribution in [2.75, 3.05) is 0 Å². The number of rotatable bonds is 5. The van der Waals surface area contributed by atoms with Gasteiger partial charge in [0.2, 0.25) is 0 Å². The smallest absolute Gasteiger partial charge is 0.145 e. The summed E-state index contributed by atoms with van der Waals surface area (Å²) in [5.74, 6) is 2.28. The third-order valence-corrected chi connectivity index (χ3v) is 3.71. The molecule has 3 heteroatoms. The van der Waals surface area contributed by atoms with Crippen LogP contribution in [0.25, 0.3) is 0 Å². The normalized spacial score (nSPS) is 21.5. The highest BCUT2D eigenvalue weighted by molar-refractivity contribution is 5.24. The Hall–Kier alpha value is -0.960. The molecule has 3 nitrogen and oxygen atoms in total. The largest absolute Gasteiger partial charge is 0.321 e. The van der Waals surface area contributed by atoms with Gasteiger partial charge in [-0.05, 0) is 38.2 Å². The fraction of sp³-hybridized carbons (Fsp3) is 0.714. The molecule has 0 aliphatic heterocycles. The number of hydrogen-bond acceptors (Lipinski definition) is 3. The van der Waals surface area contributed by atoms with E-state index in [4.69, 9.17) is 5.73 Å². The van der Waals surface area contributed by atoms with Gasteiger partial charge < -0.3 is 5.73 Å². The maximum Gasteiger partial charge on any atom is 0.145 e. The van der Waals surface area contributed by atoms with Crippen molar-refractivity contribution in [1.82, 2.24) is 9.97 Å². The number of hydrogen-bond donors (Lipinski definition) is 1. The van der Waals surface area contributed by atoms with Crippen LogP contribution in [0.1, 0.15) is 80.5 Å². The highest BCUT2D eigenvalue weighted by atomic mass is 14.9. The van der Waals surface area contributed by atoms with E-state index in [-0.39, 0.29) is 6.04 Å². The van der Waals surface area contributed by atoms with Crippen molar-refractivity contribution < 1.29 is 0 Å². The van der Waals surface area contributed by atoms with Gasteiger partial charge in [-0.15, -0.1) is 0 Å². The van der Waals surface area contributed by atoms with Crippen LogP contribution in [0, 0.1) is 0 Å². The Bertz CT molecular complexity index is 378. The minimum absolute atomic E-state index is 0.0243. The number of nitrogens with two attached hydrogens (primary N) is 1. The molecule has 1 aromatic rings. The lowest BCUT2D eigenvalue weighted by Gasteiger charge is -2.12. The Morgan fingerprint density at radius 2 is 1.71 bits per heavy atom. The lowest BCUT2D eigenvalue weighted by Crippen LogP contribution is -2.15. The molecule has 2 fully saturated rings. The molecule has 2 aliphatic rings. The Morgan fingerprint density at radius 3 is 2.12 bits per heavy atom. The van der Waals surface area contributed by atoms with E-state index in [1.165, 1.54) is 37.1 Å². The van der Waals surface area contributed by atoms with E-state index in [0.717, 1.165) is 18.7 Å². The Balaban J connectivity index is 1.89. The summed E-state index contributed by atoms with van der Waals surface area (Å²) in [7, 11) is 0. The zero-order valence-electron chi connectivity index (χ0n) is 10.5. The molecule has 0 radical (unpaired) electrons. The second-order valence-corrected chi connectivity index (χ2v) is 5.52. The van der Waals surface area contributed by atoms with Gasteiger partial charge in [-0.3, -0.25) is 0 Å². The molecule has 17 heavy (non-hydrogen) atoms. The standard InChI is InChI=1S/C14H21N3/c1-2-3-11(15)14-16-12(9-4-5-9)8-13(17-14)10-6-7-10/h8-11H,2-7,15H2,1H3. The predicted octanol–water partition coefficient (Wildman–Crippen LogP) is 3.03. The molecule has 2 saturated carbocycles. The fourth-order valence-electron chi connectivity index (χ4n) is 2.29. The Labute approximate surface area is 103 Å². The first-order chi connectivity index (χ1) is 8.28. The minimum Gasteiger partial charge on any atom is -0.321 e. The van der Waals surface area contributed by atoms with Gasteiger partial charge in [0.25, 0.3) is 0 Å². The third-order valence-electron chi connectivity index (χ3n) is 3.71. The summed E-state index contributed by atoms with van der Waals surface area (Å²) < 4.78 is 0. The van der Waals surface area contributed by atoms with Gasteiger partial charge in [-0.1, -0.05) is 13.3 Å². The van der Waals surface area contributed by atoms with Crippen LogP contribution in [0.2, 0.25) is 0 Å². The Morgan fingerprint density at radius 1 is 1.18 bits per heavy atom. The second-order valence-electron chi connectivity index (χ2n) is 5.52. The maximum absolute atomic E-state index is 6.16. The highest BCUT2D eigenvalue weighted by Crippen LogP contribution is 2.43. The van der Waals surface area contributed by atoms with Gasteiger partial charge in [-0.25, -0.2) is 9.97 Å². The summed E-state index contributed by atoms with van der Waals surface area (Å²) >= 11 is 0. The lowest BCUT2D eigenvalue weighted by atomic mass is 10.1. The quantitative estimate of drug-likeness (QED) is 0.847. The Kier molecular flexibility index (Phi) is 2.87. The van der Waals surface area contributed by atoms with Gasteiger partial charge in [0.1, 0.15) is 5.82 Å². The van der Waals surface area contributed by atoms with Gasteiger partial charge in [0.15, 0.2) is 0 Å². The summed E-state index contributed by atoms with van der Waals surface area (Å²) in [6.45, 7) is 2.16. The van der Waals surface area contributed by atoms with Crippen LogP contribution in [-0.4, -0.2) is 9.97 Å². The SMILES string of the molecule is CCCC(N)c1nc(C2CC2)cc(C2CC2)n1. The topological polar surface area (TPSA) is 51.8 Å². The molecule has 0 bridgehead atoms. The summed E-state index contributed by atoms with van der Waals surface area (Å²) in [6, 6.07) is 2.26. The van der Waals surface area contributed by atoms with Crippen molar-refractivity contribution in [3.63, 3.8) is 0 Å². The van der Waals surface area contributed by atoms with Crippen molar-refractivity contribution >= 4 is 0 Å². The van der Waals surface area contributed by atoms with Crippen molar-refractivity contribution in [3.8, 4) is 0 Å². The van der Waals surface area contributed by atoms with E-state index in [2.05, 4.69) is 23.0 Å². The molecule has 0 spiro atoms. The van der Waals surface area contributed by atoms with Crippen molar-refractivity contribution in [2.45, 2.75) is 63.3 Å². The minimum atomic E-state index is 0.0243. The van der Waals surface area contributed by atoms with Crippen LogP contribution in [-0.2, 0) is 0 Å². The molecule has 0 saturated heterocycles. The number of nitrogens with zero attached hydrogens (tertiary/aromatic N) is 2. The second kappa shape index (κ2) is 4.37. The zero-order chi connectivity index (χ0) is 11.8. The predicted molar refractivity (Wildman–Crippen MR) is 67.8 cm³/mol. The van der Waals surface area contributed by atoms with E-state index in [9.17, 15) is 0 Å². The van der Waals surface area contributed by atoms with E-state index in [1.807, 2.05) is 0 Å². The fourth-order valence-corrected chi connectivity index (χ4v) is 2.29. The van der Waals surface area contributed by atoms with E-state index < -0.39 is 0 Å². The lowest BCUT2D eigenvalue weighted by molar-refractivity contribution is 0.593. The molecule has 2 N–H and O–H groups in total. The summed E-state index contributed by atoms with van der Waals surface area (Å²) in [5, 5.41) is 0. The van der Waals surface area contributed by atoms with Crippen molar-refractivity contribution in [1.29, 1.82) is 0 Å². The molecule has 1 heterocycles. The van der Waals surface area contributed by atoms with Crippen LogP contribution < -0.4 is 5.73 Å². The highest BCUT2D eigenvalue weighted by Gasteiger charge is 2.31. The van der Waals surface area contributed by atoms with Crippen LogP contribution in [0.5, 0.6) is 0 Å². The molecular weight excluding hydrogens is 210 g/mol. The molecule has 92 valence electrons. The van der Waals surface area contributed by atoms with Crippen LogP contribution in [0.4, 0.5) is 0 Å². The summed E-state index contributed by atoms with van der Waals surface area (Å²) in [4.78, 5) is 9.38. The first-order valence-electron chi connectivity index (χ1n) is 6.92. The van der Waals surface area contributed by atoms with Gasteiger partial charge >= 0.3 is 0 Å². The average Bonchev–Trinajstić information content (AvgIpc) is 3.20. The first kappa shape index (κ1) is 11.1. The molecule has 2 aliphatic carbocycles. The molecule has 1 atom stereocenters.